The van der Waals surface area contributed by atoms with Crippen LogP contribution in [0.4, 0.5) is 23.1 Å². The summed E-state index contributed by atoms with van der Waals surface area (Å²) in [6.07, 6.45) is 2.65. The van der Waals surface area contributed by atoms with Gasteiger partial charge < -0.3 is 15.4 Å². The summed E-state index contributed by atoms with van der Waals surface area (Å²) in [5.41, 5.74) is -0.268. The van der Waals surface area contributed by atoms with Gasteiger partial charge in [-0.1, -0.05) is 11.6 Å². The largest absolute Gasteiger partial charge is 0.383 e. The van der Waals surface area contributed by atoms with Gasteiger partial charge in [0.25, 0.3) is 0 Å². The number of nitrogens with zero attached hydrogens (tertiary/aromatic N) is 4. The van der Waals surface area contributed by atoms with E-state index >= 15 is 0 Å². The standard InChI is InChI=1S/C12H13ClN6O3/c1-22-5-4-14-11-10(19(20)21)12(17-7-16-11)18-9-3-2-8(13)6-15-9/h2-3,6-7H,4-5H2,1H3,(H2,14,15,16,17,18). The van der Waals surface area contributed by atoms with Gasteiger partial charge in [0.15, 0.2) is 0 Å². The van der Waals surface area contributed by atoms with Gasteiger partial charge in [-0.3, -0.25) is 10.1 Å². The number of hydrogen-bond acceptors (Lipinski definition) is 8. The number of hydrogen-bond donors (Lipinski definition) is 2. The summed E-state index contributed by atoms with van der Waals surface area (Å²) >= 11 is 5.75. The van der Waals surface area contributed by atoms with Gasteiger partial charge in [-0.15, -0.1) is 0 Å². The Hall–Kier alpha value is -2.52. The van der Waals surface area contributed by atoms with Crippen LogP contribution in [0.25, 0.3) is 0 Å². The highest BCUT2D eigenvalue weighted by Crippen LogP contribution is 2.30. The van der Waals surface area contributed by atoms with Gasteiger partial charge in [-0.25, -0.2) is 15.0 Å². The first-order valence-electron chi connectivity index (χ1n) is 6.22. The zero-order valence-corrected chi connectivity index (χ0v) is 12.4. The highest BCUT2D eigenvalue weighted by molar-refractivity contribution is 6.30. The van der Waals surface area contributed by atoms with E-state index in [1.165, 1.54) is 19.6 Å². The lowest BCUT2D eigenvalue weighted by Gasteiger charge is -2.09. The molecule has 0 amide bonds. The van der Waals surface area contributed by atoms with Crippen LogP contribution in [0.15, 0.2) is 24.7 Å². The minimum Gasteiger partial charge on any atom is -0.383 e. The maximum Gasteiger partial charge on any atom is 0.353 e. The van der Waals surface area contributed by atoms with Crippen LogP contribution in [0, 0.1) is 10.1 Å². The van der Waals surface area contributed by atoms with E-state index in [1.54, 1.807) is 12.1 Å². The molecule has 10 heteroatoms. The summed E-state index contributed by atoms with van der Waals surface area (Å²) < 4.78 is 4.89. The Morgan fingerprint density at radius 3 is 2.73 bits per heavy atom. The van der Waals surface area contributed by atoms with Gasteiger partial charge in [0.05, 0.1) is 16.6 Å². The lowest BCUT2D eigenvalue weighted by Crippen LogP contribution is -2.12. The number of aromatic nitrogens is 3. The average molecular weight is 325 g/mol. The van der Waals surface area contributed by atoms with Crippen LogP contribution in [0.5, 0.6) is 0 Å². The Labute approximate surface area is 130 Å². The maximum atomic E-state index is 11.3. The molecule has 0 spiro atoms. The van der Waals surface area contributed by atoms with Crippen molar-refractivity contribution in [3.05, 3.63) is 39.8 Å². The second-order valence-electron chi connectivity index (χ2n) is 4.08. The van der Waals surface area contributed by atoms with Gasteiger partial charge in [-0.05, 0) is 12.1 Å². The molecule has 2 aromatic rings. The lowest BCUT2D eigenvalue weighted by atomic mass is 10.4. The van der Waals surface area contributed by atoms with Crippen molar-refractivity contribution in [2.24, 2.45) is 0 Å². The van der Waals surface area contributed by atoms with Crippen molar-refractivity contribution in [1.29, 1.82) is 0 Å². The molecule has 0 radical (unpaired) electrons. The molecule has 0 aliphatic carbocycles. The maximum absolute atomic E-state index is 11.3. The summed E-state index contributed by atoms with van der Waals surface area (Å²) in [5, 5.41) is 17.4. The predicted octanol–water partition coefficient (Wildman–Crippen LogP) is 2.24. The molecule has 9 nitrogen and oxygen atoms in total. The molecule has 0 bridgehead atoms. The molecule has 0 atom stereocenters. The molecule has 0 aromatic carbocycles. The van der Waals surface area contributed by atoms with Crippen molar-refractivity contribution in [2.75, 3.05) is 30.9 Å². The molecular formula is C12H13ClN6O3. The molecule has 2 N–H and O–H groups in total. The molecule has 0 fully saturated rings. The van der Waals surface area contributed by atoms with Gasteiger partial charge in [-0.2, -0.15) is 0 Å². The summed E-state index contributed by atoms with van der Waals surface area (Å²) in [6.45, 7) is 0.773. The fourth-order valence-electron chi connectivity index (χ4n) is 1.62. The highest BCUT2D eigenvalue weighted by Gasteiger charge is 2.23. The van der Waals surface area contributed by atoms with E-state index in [2.05, 4.69) is 25.6 Å². The molecule has 0 aliphatic heterocycles. The van der Waals surface area contributed by atoms with Crippen LogP contribution in [0.3, 0.4) is 0 Å². The first kappa shape index (κ1) is 15.9. The SMILES string of the molecule is COCCNc1ncnc(Nc2ccc(Cl)cn2)c1[N+](=O)[O-]. The van der Waals surface area contributed by atoms with Gasteiger partial charge >= 0.3 is 5.69 Å². The van der Waals surface area contributed by atoms with E-state index in [0.29, 0.717) is 24.0 Å². The zero-order valence-electron chi connectivity index (χ0n) is 11.6. The molecule has 0 saturated heterocycles. The predicted molar refractivity (Wildman–Crippen MR) is 81.6 cm³/mol. The Balaban J connectivity index is 2.27. The average Bonchev–Trinajstić information content (AvgIpc) is 2.50. The third kappa shape index (κ3) is 3.99. The molecule has 0 aliphatic rings. The number of anilines is 3. The molecule has 22 heavy (non-hydrogen) atoms. The Kier molecular flexibility index (Phi) is 5.39. The van der Waals surface area contributed by atoms with Crippen LogP contribution in [-0.2, 0) is 4.74 Å². The van der Waals surface area contributed by atoms with Crippen LogP contribution < -0.4 is 10.6 Å². The molecule has 2 rings (SSSR count). The number of pyridine rings is 1. The Morgan fingerprint density at radius 1 is 1.32 bits per heavy atom. The van der Waals surface area contributed by atoms with Crippen molar-refractivity contribution >= 4 is 34.7 Å². The third-order valence-electron chi connectivity index (χ3n) is 2.58. The molecule has 116 valence electrons. The first-order valence-corrected chi connectivity index (χ1v) is 6.60. The molecule has 0 unspecified atom stereocenters. The van der Waals surface area contributed by atoms with Gasteiger partial charge in [0, 0.05) is 19.9 Å². The molecular weight excluding hydrogens is 312 g/mol. The third-order valence-corrected chi connectivity index (χ3v) is 2.80. The van der Waals surface area contributed by atoms with E-state index in [1.807, 2.05) is 0 Å². The van der Waals surface area contributed by atoms with E-state index in [4.69, 9.17) is 16.3 Å². The lowest BCUT2D eigenvalue weighted by molar-refractivity contribution is -0.383. The number of nitro groups is 1. The Morgan fingerprint density at radius 2 is 2.09 bits per heavy atom. The minimum absolute atomic E-state index is 0.0368. The van der Waals surface area contributed by atoms with Crippen molar-refractivity contribution in [1.82, 2.24) is 15.0 Å². The summed E-state index contributed by atoms with van der Waals surface area (Å²) in [5.74, 6) is 0.525. The molecule has 2 heterocycles. The van der Waals surface area contributed by atoms with E-state index in [-0.39, 0.29) is 17.3 Å². The summed E-state index contributed by atoms with van der Waals surface area (Å²) in [4.78, 5) is 22.5. The fraction of sp³-hybridized carbons (Fsp3) is 0.250. The number of rotatable bonds is 7. The van der Waals surface area contributed by atoms with Gasteiger partial charge in [0.1, 0.15) is 12.1 Å². The second-order valence-corrected chi connectivity index (χ2v) is 4.52. The van der Waals surface area contributed by atoms with Crippen LogP contribution >= 0.6 is 11.6 Å². The van der Waals surface area contributed by atoms with Crippen LogP contribution in [-0.4, -0.2) is 40.1 Å². The molecule has 0 saturated carbocycles. The number of nitrogens with one attached hydrogen (secondary N) is 2. The van der Waals surface area contributed by atoms with Crippen LogP contribution in [0.1, 0.15) is 0 Å². The fourth-order valence-corrected chi connectivity index (χ4v) is 1.73. The van der Waals surface area contributed by atoms with Gasteiger partial charge in [0.2, 0.25) is 11.6 Å². The zero-order chi connectivity index (χ0) is 15.9. The summed E-state index contributed by atoms with van der Waals surface area (Å²) in [6, 6.07) is 3.20. The number of ether oxygens (including phenoxy) is 1. The van der Waals surface area contributed by atoms with Crippen LogP contribution in [0.2, 0.25) is 5.02 Å². The highest BCUT2D eigenvalue weighted by atomic mass is 35.5. The van der Waals surface area contributed by atoms with E-state index in [0.717, 1.165) is 0 Å². The minimum atomic E-state index is -0.562. The summed E-state index contributed by atoms with van der Waals surface area (Å²) in [7, 11) is 1.54. The van der Waals surface area contributed by atoms with Crippen molar-refractivity contribution < 1.29 is 9.66 Å². The number of halogens is 1. The molecule has 2 aromatic heterocycles. The Bertz CT molecular complexity index is 652. The monoisotopic (exact) mass is 324 g/mol. The van der Waals surface area contributed by atoms with Crippen molar-refractivity contribution in [3.8, 4) is 0 Å². The first-order chi connectivity index (χ1) is 10.6. The number of methoxy groups -OCH3 is 1. The topological polar surface area (TPSA) is 115 Å². The van der Waals surface area contributed by atoms with E-state index < -0.39 is 4.92 Å². The van der Waals surface area contributed by atoms with Crippen molar-refractivity contribution in [2.45, 2.75) is 0 Å². The van der Waals surface area contributed by atoms with Crippen molar-refractivity contribution in [3.63, 3.8) is 0 Å². The van der Waals surface area contributed by atoms with E-state index in [9.17, 15) is 10.1 Å². The quantitative estimate of drug-likeness (QED) is 0.452. The normalized spacial score (nSPS) is 10.3. The smallest absolute Gasteiger partial charge is 0.353 e. The second kappa shape index (κ2) is 7.48.